The summed E-state index contributed by atoms with van der Waals surface area (Å²) in [5.74, 6) is 0.674. The number of halogens is 1. The highest BCUT2D eigenvalue weighted by Gasteiger charge is 2.31. The minimum atomic E-state index is -0.521. The van der Waals surface area contributed by atoms with Crippen molar-refractivity contribution in [2.45, 2.75) is 25.2 Å². The first-order valence-electron chi connectivity index (χ1n) is 10.6. The zero-order chi connectivity index (χ0) is 21.8. The zero-order valence-electron chi connectivity index (χ0n) is 17.6. The summed E-state index contributed by atoms with van der Waals surface area (Å²) in [7, 11) is 1.49. The van der Waals surface area contributed by atoms with Crippen LogP contribution < -0.4 is 19.5 Å². The van der Waals surface area contributed by atoms with Crippen LogP contribution in [0.4, 0.5) is 0 Å². The lowest BCUT2D eigenvalue weighted by molar-refractivity contribution is -0.0576. The summed E-state index contributed by atoms with van der Waals surface area (Å²) in [5, 5.41) is 13.8. The number of likely N-dealkylation sites (tertiary alicyclic amines) is 1. The molecule has 3 aliphatic heterocycles. The van der Waals surface area contributed by atoms with Gasteiger partial charge in [0, 0.05) is 32.0 Å². The number of benzene rings is 1. The number of aliphatic hydroxyl groups excluding tert-OH is 1. The molecule has 1 aromatic carbocycles. The van der Waals surface area contributed by atoms with Gasteiger partial charge in [0.15, 0.2) is 17.8 Å². The highest BCUT2D eigenvalue weighted by atomic mass is 35.5. The first-order chi connectivity index (χ1) is 15.1. The molecule has 4 rings (SSSR count). The number of rotatable bonds is 7. The molecule has 9 nitrogen and oxygen atoms in total. The number of nitrogens with one attached hydrogen (secondary N) is 1. The van der Waals surface area contributed by atoms with Crippen molar-refractivity contribution >= 4 is 17.5 Å². The highest BCUT2D eigenvalue weighted by Crippen LogP contribution is 2.46. The fourth-order valence-corrected chi connectivity index (χ4v) is 4.45. The number of hydrogen-bond acceptors (Lipinski definition) is 8. The van der Waals surface area contributed by atoms with Crippen LogP contribution in [0.25, 0.3) is 0 Å². The number of nitrogens with zero attached hydrogens (tertiary/aromatic N) is 1. The van der Waals surface area contributed by atoms with Gasteiger partial charge < -0.3 is 39.0 Å². The van der Waals surface area contributed by atoms with Gasteiger partial charge in [-0.15, -0.1) is 0 Å². The normalized spacial score (nSPS) is 24.2. The van der Waals surface area contributed by atoms with Gasteiger partial charge in [0.25, 0.3) is 5.91 Å². The molecule has 2 atom stereocenters. The van der Waals surface area contributed by atoms with Crippen LogP contribution in [0.5, 0.6) is 17.2 Å². The Kier molecular flexibility index (Phi) is 7.39. The second kappa shape index (κ2) is 10.2. The summed E-state index contributed by atoms with van der Waals surface area (Å²) < 4.78 is 27.5. The van der Waals surface area contributed by atoms with Crippen molar-refractivity contribution in [1.82, 2.24) is 10.2 Å². The fraction of sp³-hybridized carbons (Fsp3) is 0.667. The summed E-state index contributed by atoms with van der Waals surface area (Å²) in [6.45, 7) is 4.58. The molecule has 10 heteroatoms. The van der Waals surface area contributed by atoms with E-state index in [9.17, 15) is 9.90 Å². The highest BCUT2D eigenvalue weighted by molar-refractivity contribution is 6.33. The van der Waals surface area contributed by atoms with Gasteiger partial charge in [-0.05, 0) is 19.0 Å². The summed E-state index contributed by atoms with van der Waals surface area (Å²) >= 11 is 6.27. The quantitative estimate of drug-likeness (QED) is 0.633. The smallest absolute Gasteiger partial charge is 0.255 e. The number of carbonyl (C=O) groups excluding carboxylic acids is 1. The Hall–Kier alpha value is -1.78. The van der Waals surface area contributed by atoms with E-state index in [0.717, 1.165) is 25.9 Å². The molecule has 172 valence electrons. The van der Waals surface area contributed by atoms with E-state index in [1.54, 1.807) is 0 Å². The van der Waals surface area contributed by atoms with Crippen molar-refractivity contribution in [3.8, 4) is 17.2 Å². The van der Waals surface area contributed by atoms with Crippen LogP contribution in [0.3, 0.4) is 0 Å². The zero-order valence-corrected chi connectivity index (χ0v) is 18.4. The summed E-state index contributed by atoms with van der Waals surface area (Å²) in [6.07, 6.45) is 0.920. The molecule has 3 heterocycles. The molecule has 31 heavy (non-hydrogen) atoms. The summed E-state index contributed by atoms with van der Waals surface area (Å²) in [6, 6.07) is 1.52. The molecule has 2 N–H and O–H groups in total. The minimum Gasteiger partial charge on any atom is -0.491 e. The van der Waals surface area contributed by atoms with E-state index < -0.39 is 6.10 Å². The maximum absolute atomic E-state index is 12.9. The molecular formula is C21H29ClN2O7. The molecule has 1 aromatic rings. The Labute approximate surface area is 186 Å². The minimum absolute atomic E-state index is 0.0269. The number of piperidine rings is 1. The van der Waals surface area contributed by atoms with E-state index in [0.29, 0.717) is 62.3 Å². The Balaban J connectivity index is 1.31. The topological polar surface area (TPSA) is 98.7 Å². The molecule has 0 aliphatic carbocycles. The molecule has 0 spiro atoms. The lowest BCUT2D eigenvalue weighted by Crippen LogP contribution is -2.48. The molecule has 0 unspecified atom stereocenters. The second-order valence-corrected chi connectivity index (χ2v) is 8.29. The number of aliphatic hydroxyl groups is 1. The molecule has 3 aliphatic rings. The van der Waals surface area contributed by atoms with Crippen molar-refractivity contribution in [2.75, 3.05) is 59.7 Å². The predicted molar refractivity (Wildman–Crippen MR) is 112 cm³/mol. The average Bonchev–Trinajstić information content (AvgIpc) is 3.30. The van der Waals surface area contributed by atoms with Crippen LogP contribution in [-0.4, -0.2) is 88.0 Å². The van der Waals surface area contributed by atoms with E-state index in [1.165, 1.54) is 13.2 Å². The summed E-state index contributed by atoms with van der Waals surface area (Å²) in [4.78, 5) is 15.1. The average molecular weight is 457 g/mol. The van der Waals surface area contributed by atoms with Crippen LogP contribution in [0.15, 0.2) is 6.07 Å². The Bertz CT molecular complexity index is 787. The van der Waals surface area contributed by atoms with Crippen LogP contribution in [0.2, 0.25) is 5.02 Å². The van der Waals surface area contributed by atoms with Crippen molar-refractivity contribution in [3.05, 3.63) is 16.7 Å². The Morgan fingerprint density at radius 3 is 2.71 bits per heavy atom. The van der Waals surface area contributed by atoms with Crippen LogP contribution in [-0.2, 0) is 9.47 Å². The standard InChI is InChI=1S/C21H29ClN2O7/c1-27-19-15(22)10-14(18-20(19)31-9-8-30-18)21(26)23-11-13-2-4-24(12-16(13)25)5-3-17-28-6-7-29-17/h10,13,16-17,25H,2-9,11-12H2,1H3,(H,23,26)/t13-,16+/m0/s1. The molecule has 0 radical (unpaired) electrons. The fourth-order valence-electron chi connectivity index (χ4n) is 4.18. The number of fused-ring (bicyclic) bond motifs is 1. The van der Waals surface area contributed by atoms with Gasteiger partial charge in [0.1, 0.15) is 13.2 Å². The predicted octanol–water partition coefficient (Wildman–Crippen LogP) is 1.30. The lowest BCUT2D eigenvalue weighted by atomic mass is 9.93. The third-order valence-electron chi connectivity index (χ3n) is 5.87. The van der Waals surface area contributed by atoms with Crippen LogP contribution in [0.1, 0.15) is 23.2 Å². The molecular weight excluding hydrogens is 428 g/mol. The molecule has 0 aromatic heterocycles. The first kappa shape index (κ1) is 22.4. The molecule has 0 saturated carbocycles. The third kappa shape index (κ3) is 5.18. The van der Waals surface area contributed by atoms with Gasteiger partial charge >= 0.3 is 0 Å². The van der Waals surface area contributed by atoms with Gasteiger partial charge in [0.2, 0.25) is 5.75 Å². The van der Waals surface area contributed by atoms with E-state index >= 15 is 0 Å². The molecule has 0 bridgehead atoms. The van der Waals surface area contributed by atoms with E-state index in [2.05, 4.69) is 10.2 Å². The number of β-amino-alcohol motifs (C(OH)–C–C–N with tert-alkyl or cyclic N) is 1. The Morgan fingerprint density at radius 2 is 2.00 bits per heavy atom. The number of carbonyl (C=O) groups is 1. The van der Waals surface area contributed by atoms with Crippen molar-refractivity contribution in [2.24, 2.45) is 5.92 Å². The largest absolute Gasteiger partial charge is 0.491 e. The van der Waals surface area contributed by atoms with Crippen LogP contribution >= 0.6 is 11.6 Å². The van der Waals surface area contributed by atoms with Crippen molar-refractivity contribution in [3.63, 3.8) is 0 Å². The number of ether oxygens (including phenoxy) is 5. The maximum Gasteiger partial charge on any atom is 0.255 e. The number of hydrogen-bond donors (Lipinski definition) is 2. The number of amides is 1. The van der Waals surface area contributed by atoms with Gasteiger partial charge in [0.05, 0.1) is 37.0 Å². The molecule has 1 amide bonds. The van der Waals surface area contributed by atoms with Gasteiger partial charge in [-0.1, -0.05) is 11.6 Å². The van der Waals surface area contributed by atoms with Gasteiger partial charge in [-0.25, -0.2) is 0 Å². The third-order valence-corrected chi connectivity index (χ3v) is 6.15. The lowest BCUT2D eigenvalue weighted by Gasteiger charge is -2.36. The number of methoxy groups -OCH3 is 1. The SMILES string of the molecule is COc1c(Cl)cc(C(=O)NC[C@@H]2CCN(CCC3OCCO3)C[C@H]2O)c2c1OCCO2. The first-order valence-corrected chi connectivity index (χ1v) is 11.0. The van der Waals surface area contributed by atoms with Gasteiger partial charge in [-0.3, -0.25) is 4.79 Å². The van der Waals surface area contributed by atoms with E-state index in [4.69, 9.17) is 35.3 Å². The Morgan fingerprint density at radius 1 is 1.26 bits per heavy atom. The van der Waals surface area contributed by atoms with Crippen molar-refractivity contribution < 1.29 is 33.6 Å². The van der Waals surface area contributed by atoms with E-state index in [1.807, 2.05) is 0 Å². The maximum atomic E-state index is 12.9. The summed E-state index contributed by atoms with van der Waals surface area (Å²) in [5.41, 5.74) is 0.295. The van der Waals surface area contributed by atoms with Gasteiger partial charge in [-0.2, -0.15) is 0 Å². The second-order valence-electron chi connectivity index (χ2n) is 7.88. The van der Waals surface area contributed by atoms with Crippen molar-refractivity contribution in [1.29, 1.82) is 0 Å². The van der Waals surface area contributed by atoms with Crippen LogP contribution in [0, 0.1) is 5.92 Å². The molecule has 2 fully saturated rings. The molecule has 2 saturated heterocycles. The monoisotopic (exact) mass is 456 g/mol. The van der Waals surface area contributed by atoms with E-state index in [-0.39, 0.29) is 23.1 Å².